The highest BCUT2D eigenvalue weighted by molar-refractivity contribution is 7.26. The highest BCUT2D eigenvalue weighted by atomic mass is 32.1. The smallest absolute Gasteiger partial charge is 0.0540 e. The zero-order valence-electron chi connectivity index (χ0n) is 65.6. The Kier molecular flexibility index (Phi) is 18.4. The van der Waals surface area contributed by atoms with Crippen LogP contribution in [0.25, 0.3) is 184 Å². The van der Waals surface area contributed by atoms with Crippen LogP contribution in [0.4, 0.5) is 34.1 Å². The van der Waals surface area contributed by atoms with Crippen LogP contribution in [0.5, 0.6) is 0 Å². The summed E-state index contributed by atoms with van der Waals surface area (Å²) >= 11 is 3.72. The van der Waals surface area contributed by atoms with Crippen molar-refractivity contribution >= 4 is 119 Å². The molecule has 0 atom stereocenters. The van der Waals surface area contributed by atoms with Crippen molar-refractivity contribution in [2.75, 3.05) is 9.80 Å². The number of benzene rings is 20. The fourth-order valence-corrected chi connectivity index (χ4v) is 20.1. The third-order valence-corrected chi connectivity index (χ3v) is 26.2. The summed E-state index contributed by atoms with van der Waals surface area (Å²) in [6.07, 6.45) is 0. The molecule has 0 unspecified atom stereocenters. The molecule has 120 heavy (non-hydrogen) atoms. The summed E-state index contributed by atoms with van der Waals surface area (Å²) in [5, 5.41) is 10.0. The molecule has 0 N–H and O–H groups in total. The van der Waals surface area contributed by atoms with Gasteiger partial charge in [-0.2, -0.15) is 0 Å². The molecule has 22 rings (SSSR count). The molecule has 562 valence electrons. The minimum Gasteiger partial charge on any atom is -0.311 e. The molecule has 2 heterocycles. The first kappa shape index (κ1) is 71.5. The quantitative estimate of drug-likeness (QED) is 0.0896. The molecule has 0 amide bonds. The number of hydrogen-bond donors (Lipinski definition) is 0. The number of thiophene rings is 2. The molecule has 0 radical (unpaired) electrons. The lowest BCUT2D eigenvalue weighted by Crippen LogP contribution is -2.11. The van der Waals surface area contributed by atoms with Gasteiger partial charge in [-0.25, -0.2) is 0 Å². The number of para-hydroxylation sites is 1. The summed E-state index contributed by atoms with van der Waals surface area (Å²) in [5.74, 6) is 0. The Morgan fingerprint density at radius 2 is 0.417 bits per heavy atom. The number of anilines is 6. The van der Waals surface area contributed by atoms with Crippen LogP contribution in [0.15, 0.2) is 461 Å². The molecule has 4 heteroatoms. The Bertz CT molecular complexity index is 7590. The molecule has 20 aromatic carbocycles. The van der Waals surface area contributed by atoms with Gasteiger partial charge in [0.2, 0.25) is 0 Å². The van der Waals surface area contributed by atoms with Crippen LogP contribution in [0.3, 0.4) is 0 Å². The Morgan fingerprint density at radius 1 is 0.133 bits per heavy atom. The first-order chi connectivity index (χ1) is 59.4. The van der Waals surface area contributed by atoms with Gasteiger partial charge >= 0.3 is 0 Å². The summed E-state index contributed by atoms with van der Waals surface area (Å²) in [4.78, 5) is 4.78. The van der Waals surface area contributed by atoms with Gasteiger partial charge in [0.1, 0.15) is 0 Å². The van der Waals surface area contributed by atoms with E-state index in [0.29, 0.717) is 0 Å². The van der Waals surface area contributed by atoms with Gasteiger partial charge in [0.25, 0.3) is 0 Å². The number of rotatable bonds is 17. The normalized spacial score (nSPS) is 11.5. The fourth-order valence-electron chi connectivity index (χ4n) is 17.9. The summed E-state index contributed by atoms with van der Waals surface area (Å²) in [5.41, 5.74) is 32.4. The van der Waals surface area contributed by atoms with E-state index in [-0.39, 0.29) is 0 Å². The van der Waals surface area contributed by atoms with E-state index in [4.69, 9.17) is 0 Å². The van der Waals surface area contributed by atoms with E-state index < -0.39 is 0 Å². The largest absolute Gasteiger partial charge is 0.311 e. The molecule has 22 aromatic rings. The van der Waals surface area contributed by atoms with Crippen LogP contribution in [-0.4, -0.2) is 0 Å². The maximum Gasteiger partial charge on any atom is 0.0540 e. The lowest BCUT2D eigenvalue weighted by molar-refractivity contribution is 1.28. The van der Waals surface area contributed by atoms with Crippen LogP contribution < -0.4 is 9.80 Å². The summed E-state index contributed by atoms with van der Waals surface area (Å²) in [6.45, 7) is 0. The Hall–Kier alpha value is -15.0. The van der Waals surface area contributed by atoms with Gasteiger partial charge in [-0.15, -0.1) is 22.7 Å². The first-order valence-corrected chi connectivity index (χ1v) is 42.7. The van der Waals surface area contributed by atoms with Crippen LogP contribution in [0.1, 0.15) is 0 Å². The highest BCUT2D eigenvalue weighted by Crippen LogP contribution is 2.49. The van der Waals surface area contributed by atoms with Crippen LogP contribution in [0.2, 0.25) is 0 Å². The van der Waals surface area contributed by atoms with Gasteiger partial charge < -0.3 is 9.80 Å². The zero-order valence-corrected chi connectivity index (χ0v) is 67.2. The first-order valence-electron chi connectivity index (χ1n) is 41.1. The van der Waals surface area contributed by atoms with Gasteiger partial charge in [0.05, 0.1) is 5.69 Å². The van der Waals surface area contributed by atoms with Crippen molar-refractivity contribution in [3.8, 4) is 122 Å². The van der Waals surface area contributed by atoms with Crippen molar-refractivity contribution < 1.29 is 0 Å². The van der Waals surface area contributed by atoms with E-state index in [0.717, 1.165) is 67.5 Å². The van der Waals surface area contributed by atoms with Crippen LogP contribution in [0, 0.1) is 0 Å². The van der Waals surface area contributed by atoms with Crippen molar-refractivity contribution in [2.24, 2.45) is 0 Å². The van der Waals surface area contributed by atoms with Gasteiger partial charge in [0.15, 0.2) is 0 Å². The Morgan fingerprint density at radius 3 is 0.933 bits per heavy atom. The van der Waals surface area contributed by atoms with E-state index in [1.165, 1.54) is 151 Å². The van der Waals surface area contributed by atoms with Crippen molar-refractivity contribution in [2.45, 2.75) is 0 Å². The summed E-state index contributed by atoms with van der Waals surface area (Å²) in [6, 6.07) is 170. The van der Waals surface area contributed by atoms with E-state index in [9.17, 15) is 0 Å². The van der Waals surface area contributed by atoms with Crippen molar-refractivity contribution in [3.05, 3.63) is 461 Å². The molecule has 0 fully saturated rings. The van der Waals surface area contributed by atoms with Gasteiger partial charge in [0, 0.05) is 74.3 Å². The predicted octanol–water partition coefficient (Wildman–Crippen LogP) is 34.0. The van der Waals surface area contributed by atoms with Crippen LogP contribution in [-0.2, 0) is 0 Å². The number of fused-ring (bicyclic) bond motifs is 8. The minimum absolute atomic E-state index is 1.07. The summed E-state index contributed by atoms with van der Waals surface area (Å²) < 4.78 is 5.11. The monoisotopic (exact) mass is 1560 g/mol. The molecule has 0 aliphatic heterocycles. The minimum atomic E-state index is 1.07. The molecule has 0 aliphatic carbocycles. The molecule has 0 saturated carbocycles. The number of nitrogens with zero attached hydrogens (tertiary/aromatic N) is 2. The van der Waals surface area contributed by atoms with E-state index in [2.05, 4.69) is 471 Å². The Labute approximate surface area is 706 Å². The fraction of sp³-hybridized carbons (Fsp3) is 0. The predicted molar refractivity (Wildman–Crippen MR) is 516 cm³/mol. The maximum absolute atomic E-state index is 2.44. The van der Waals surface area contributed by atoms with Gasteiger partial charge in [-0.05, 0) is 266 Å². The highest BCUT2D eigenvalue weighted by Gasteiger charge is 2.23. The molecule has 0 saturated heterocycles. The second kappa shape index (κ2) is 30.9. The lowest BCUT2D eigenvalue weighted by Gasteiger charge is -2.28. The molecule has 0 aliphatic rings. The van der Waals surface area contributed by atoms with Crippen molar-refractivity contribution in [1.82, 2.24) is 0 Å². The maximum atomic E-state index is 2.44. The average Bonchev–Trinajstić information content (AvgIpc) is 1.60. The molecule has 0 spiro atoms. The van der Waals surface area contributed by atoms with E-state index >= 15 is 0 Å². The van der Waals surface area contributed by atoms with E-state index in [1.807, 2.05) is 22.7 Å². The third-order valence-electron chi connectivity index (χ3n) is 23.9. The topological polar surface area (TPSA) is 6.48 Å². The SMILES string of the molecule is c1ccc(-c2ccc(N(c3ccc(-c4ccc(-c5cccc(-c6ccc7sc8ccc(-c9cc(-c%10ccc(N(c%11ccc(-c%12cccc%13ccccc%12%13)cc%11)c%11ccccc%11-c%11ccccc%11)cc%10)ccc9-c9ccccc9)cc8c7c6)c5)c(-c5ccc6sc7ccccc7c6c5)c4)cc3)c3ccc(-c4cccc5ccccc45)cc3)cc2)cc1. The van der Waals surface area contributed by atoms with Crippen LogP contribution >= 0.6 is 22.7 Å². The zero-order chi connectivity index (χ0) is 79.4. The molecular formula is C116H76N2S2. The molecule has 2 aromatic heterocycles. The van der Waals surface area contributed by atoms with Crippen molar-refractivity contribution in [3.63, 3.8) is 0 Å². The van der Waals surface area contributed by atoms with Gasteiger partial charge in [-0.3, -0.25) is 0 Å². The second-order valence-corrected chi connectivity index (χ2v) is 33.2. The average molecular weight is 1560 g/mol. The standard InChI is InChI=1S/C116H76N2S2/c1-4-21-77(22-5-1)78-41-56-94(57-42-78)117(96-62-47-85(48-63-96)101-37-19-29-82-27-10-12-33-99(82)101)95-58-43-79(44-59-95)89-52-67-104(108(73-89)92-54-69-114-109(75-92)106-36-15-17-40-113(106)119-114)91-32-18-31-87(71-91)90-53-68-115-110(74-90)111-76-93(55-70-116(111)120-115)107-72-88(51-66-103(107)81-23-6-2-7-24-81)80-45-60-97(61-46-80)118(112-39-16-14-35-105(112)84-25-8-3-9-26-84)98-64-49-86(50-65-98)102-38-20-30-83-28-11-13-34-100(83)102/h1-76H. The Balaban J connectivity index is 0.602. The van der Waals surface area contributed by atoms with Gasteiger partial charge in [-0.1, -0.05) is 334 Å². The lowest BCUT2D eigenvalue weighted by atomic mass is 9.89. The summed E-state index contributed by atoms with van der Waals surface area (Å²) in [7, 11) is 0. The molecule has 0 bridgehead atoms. The van der Waals surface area contributed by atoms with E-state index in [1.54, 1.807) is 0 Å². The second-order valence-electron chi connectivity index (χ2n) is 31.0. The molecular weight excluding hydrogens is 1490 g/mol. The number of hydrogen-bond acceptors (Lipinski definition) is 4. The third kappa shape index (κ3) is 13.5. The molecule has 2 nitrogen and oxygen atoms in total. The van der Waals surface area contributed by atoms with Crippen molar-refractivity contribution in [1.29, 1.82) is 0 Å².